The van der Waals surface area contributed by atoms with Gasteiger partial charge in [0.05, 0.1) is 0 Å². The van der Waals surface area contributed by atoms with Gasteiger partial charge in [0.25, 0.3) is 0 Å². The Morgan fingerprint density at radius 3 is 2.79 bits per heavy atom. The van der Waals surface area contributed by atoms with Gasteiger partial charge in [0.15, 0.2) is 0 Å². The monoisotopic (exact) mass is 194 g/mol. The largest absolute Gasteiger partial charge is 0.366 e. The van der Waals surface area contributed by atoms with Gasteiger partial charge in [-0.3, -0.25) is 4.79 Å². The highest BCUT2D eigenvalue weighted by atomic mass is 19.1. The Morgan fingerprint density at radius 2 is 2.21 bits per heavy atom. The van der Waals surface area contributed by atoms with Crippen LogP contribution in [-0.2, 0) is 11.3 Å². The molecule has 0 heterocycles. The third-order valence-electron chi connectivity index (χ3n) is 1.75. The van der Waals surface area contributed by atoms with E-state index in [9.17, 15) is 9.18 Å². The van der Waals surface area contributed by atoms with E-state index in [1.807, 2.05) is 0 Å². The Hall–Kier alpha value is -1.68. The fourth-order valence-electron chi connectivity index (χ4n) is 1.08. The topological polar surface area (TPSA) is 69.1 Å². The molecule has 1 amide bonds. The van der Waals surface area contributed by atoms with Crippen LogP contribution in [0.2, 0.25) is 0 Å². The molecule has 0 spiro atoms. The lowest BCUT2D eigenvalue weighted by Crippen LogP contribution is -2.05. The van der Waals surface area contributed by atoms with E-state index in [1.54, 1.807) is 6.07 Å². The first-order valence-electron chi connectivity index (χ1n) is 4.09. The highest BCUT2D eigenvalue weighted by Crippen LogP contribution is 2.12. The summed E-state index contributed by atoms with van der Waals surface area (Å²) in [5, 5.41) is 0. The lowest BCUT2D eigenvalue weighted by Gasteiger charge is -2.02. The molecule has 0 aliphatic carbocycles. The van der Waals surface area contributed by atoms with Crippen LogP contribution in [0, 0.1) is 5.82 Å². The number of benzene rings is 1. The molecule has 1 rings (SSSR count). The fraction of sp³-hybridized carbons (Fsp3) is 0.100. The summed E-state index contributed by atoms with van der Waals surface area (Å²) in [5.74, 6) is -0.941. The molecule has 1 aromatic rings. The van der Waals surface area contributed by atoms with E-state index in [-0.39, 0.29) is 5.82 Å². The molecule has 3 nitrogen and oxygen atoms in total. The van der Waals surface area contributed by atoms with Crippen LogP contribution < -0.4 is 11.5 Å². The van der Waals surface area contributed by atoms with Gasteiger partial charge >= 0.3 is 0 Å². The van der Waals surface area contributed by atoms with E-state index in [2.05, 4.69) is 0 Å². The van der Waals surface area contributed by atoms with E-state index < -0.39 is 5.91 Å². The van der Waals surface area contributed by atoms with E-state index >= 15 is 0 Å². The standard InChI is InChI=1S/C10H11FN2O/c11-9-3-1-8(6-12)7(5-9)2-4-10(13)14/h1-5H,6,12H2,(H2,13,14). The van der Waals surface area contributed by atoms with Crippen LogP contribution in [0.4, 0.5) is 4.39 Å². The number of carbonyl (C=O) groups excluding carboxylic acids is 1. The van der Waals surface area contributed by atoms with E-state index in [1.165, 1.54) is 24.3 Å². The van der Waals surface area contributed by atoms with Gasteiger partial charge in [-0.1, -0.05) is 6.07 Å². The number of hydrogen-bond acceptors (Lipinski definition) is 2. The maximum absolute atomic E-state index is 12.8. The van der Waals surface area contributed by atoms with Gasteiger partial charge in [-0.05, 0) is 29.3 Å². The molecular formula is C10H11FN2O. The van der Waals surface area contributed by atoms with Gasteiger partial charge in [0.1, 0.15) is 5.82 Å². The molecule has 0 aliphatic heterocycles. The Bertz CT molecular complexity index is 374. The first-order chi connectivity index (χ1) is 6.63. The molecule has 0 saturated carbocycles. The van der Waals surface area contributed by atoms with Crippen molar-refractivity contribution in [2.75, 3.05) is 0 Å². The van der Waals surface area contributed by atoms with E-state index in [4.69, 9.17) is 11.5 Å². The van der Waals surface area contributed by atoms with Gasteiger partial charge in [-0.25, -0.2) is 4.39 Å². The summed E-state index contributed by atoms with van der Waals surface area (Å²) in [5.41, 5.74) is 11.7. The molecule has 0 fully saturated rings. The molecule has 14 heavy (non-hydrogen) atoms. The highest BCUT2D eigenvalue weighted by molar-refractivity contribution is 5.90. The molecule has 0 aromatic heterocycles. The van der Waals surface area contributed by atoms with Crippen molar-refractivity contribution >= 4 is 12.0 Å². The number of nitrogens with two attached hydrogens (primary N) is 2. The Morgan fingerprint density at radius 1 is 1.50 bits per heavy atom. The quantitative estimate of drug-likeness (QED) is 0.698. The van der Waals surface area contributed by atoms with Crippen molar-refractivity contribution in [3.63, 3.8) is 0 Å². The molecule has 0 saturated heterocycles. The summed E-state index contributed by atoms with van der Waals surface area (Å²) in [6, 6.07) is 4.21. The van der Waals surface area contributed by atoms with Crippen molar-refractivity contribution in [1.29, 1.82) is 0 Å². The predicted molar refractivity (Wildman–Crippen MR) is 52.5 cm³/mol. The molecule has 74 valence electrons. The normalized spacial score (nSPS) is 10.7. The number of hydrogen-bond donors (Lipinski definition) is 2. The minimum Gasteiger partial charge on any atom is -0.366 e. The maximum Gasteiger partial charge on any atom is 0.241 e. The fourth-order valence-corrected chi connectivity index (χ4v) is 1.08. The third-order valence-corrected chi connectivity index (χ3v) is 1.75. The van der Waals surface area contributed by atoms with Gasteiger partial charge in [-0.2, -0.15) is 0 Å². The van der Waals surface area contributed by atoms with Crippen LogP contribution in [0.5, 0.6) is 0 Å². The lowest BCUT2D eigenvalue weighted by molar-refractivity contribution is -0.113. The summed E-state index contributed by atoms with van der Waals surface area (Å²) in [7, 11) is 0. The molecule has 1 aromatic carbocycles. The first kappa shape index (κ1) is 10.4. The summed E-state index contributed by atoms with van der Waals surface area (Å²) in [6.45, 7) is 0.290. The summed E-state index contributed by atoms with van der Waals surface area (Å²) >= 11 is 0. The van der Waals surface area contributed by atoms with Gasteiger partial charge < -0.3 is 11.5 Å². The molecule has 4 N–H and O–H groups in total. The molecule has 0 bridgehead atoms. The molecule has 4 heteroatoms. The minimum atomic E-state index is -0.572. The Labute approximate surface area is 81.2 Å². The van der Waals surface area contributed by atoms with Crippen molar-refractivity contribution < 1.29 is 9.18 Å². The number of amides is 1. The molecule has 0 radical (unpaired) electrons. The smallest absolute Gasteiger partial charge is 0.241 e. The van der Waals surface area contributed by atoms with Gasteiger partial charge in [-0.15, -0.1) is 0 Å². The van der Waals surface area contributed by atoms with Crippen molar-refractivity contribution in [3.8, 4) is 0 Å². The van der Waals surface area contributed by atoms with Crippen molar-refractivity contribution in [1.82, 2.24) is 0 Å². The van der Waals surface area contributed by atoms with Crippen molar-refractivity contribution in [2.24, 2.45) is 11.5 Å². The lowest BCUT2D eigenvalue weighted by atomic mass is 10.1. The molecular weight excluding hydrogens is 183 g/mol. The van der Waals surface area contributed by atoms with Crippen LogP contribution >= 0.6 is 0 Å². The second-order valence-corrected chi connectivity index (χ2v) is 2.78. The number of halogens is 1. The zero-order valence-electron chi connectivity index (χ0n) is 7.53. The average molecular weight is 194 g/mol. The van der Waals surface area contributed by atoms with Gasteiger partial charge in [0, 0.05) is 12.6 Å². The number of primary amides is 1. The summed E-state index contributed by atoms with van der Waals surface area (Å²) in [6.07, 6.45) is 2.63. The minimum absolute atomic E-state index is 0.290. The zero-order chi connectivity index (χ0) is 10.6. The second-order valence-electron chi connectivity index (χ2n) is 2.78. The maximum atomic E-state index is 12.8. The summed E-state index contributed by atoms with van der Waals surface area (Å²) < 4.78 is 12.8. The average Bonchev–Trinajstić information content (AvgIpc) is 2.15. The molecule has 0 atom stereocenters. The van der Waals surface area contributed by atoms with Gasteiger partial charge in [0.2, 0.25) is 5.91 Å². The molecule has 0 aliphatic rings. The van der Waals surface area contributed by atoms with Crippen LogP contribution in [0.1, 0.15) is 11.1 Å². The third kappa shape index (κ3) is 2.67. The summed E-state index contributed by atoms with van der Waals surface area (Å²) in [4.78, 5) is 10.5. The SMILES string of the molecule is NCc1ccc(F)cc1C=CC(N)=O. The van der Waals surface area contributed by atoms with Crippen LogP contribution in [-0.4, -0.2) is 5.91 Å². The first-order valence-corrected chi connectivity index (χ1v) is 4.09. The van der Waals surface area contributed by atoms with E-state index in [0.717, 1.165) is 5.56 Å². The Kier molecular flexibility index (Phi) is 3.36. The van der Waals surface area contributed by atoms with E-state index in [0.29, 0.717) is 12.1 Å². The Balaban J connectivity index is 3.04. The van der Waals surface area contributed by atoms with Crippen LogP contribution in [0.15, 0.2) is 24.3 Å². The highest BCUT2D eigenvalue weighted by Gasteiger charge is 1.99. The number of carbonyl (C=O) groups is 1. The van der Waals surface area contributed by atoms with Crippen LogP contribution in [0.25, 0.3) is 6.08 Å². The number of rotatable bonds is 3. The molecule has 0 unspecified atom stereocenters. The second kappa shape index (κ2) is 4.53. The predicted octanol–water partition coefficient (Wildman–Crippen LogP) is 0.783. The zero-order valence-corrected chi connectivity index (χ0v) is 7.53. The van der Waals surface area contributed by atoms with Crippen molar-refractivity contribution in [3.05, 3.63) is 41.2 Å². The van der Waals surface area contributed by atoms with Crippen LogP contribution in [0.3, 0.4) is 0 Å². The van der Waals surface area contributed by atoms with Crippen molar-refractivity contribution in [2.45, 2.75) is 6.54 Å².